The van der Waals surface area contributed by atoms with E-state index >= 15 is 0 Å². The number of nitrogens with zero attached hydrogens (tertiary/aromatic N) is 6. The topological polar surface area (TPSA) is 40.5 Å². The van der Waals surface area contributed by atoms with Crippen molar-refractivity contribution in [3.05, 3.63) is 150 Å². The van der Waals surface area contributed by atoms with Crippen LogP contribution in [-0.2, 0) is 5.54 Å². The number of hydrogen-bond donors (Lipinski definition) is 0. The van der Waals surface area contributed by atoms with Crippen LogP contribution in [0.2, 0.25) is 0 Å². The molecule has 6 nitrogen and oxygen atoms in total. The first-order chi connectivity index (χ1) is 19.4. The second-order valence-electron chi connectivity index (χ2n) is 10.2. The first-order valence-corrected chi connectivity index (χ1v) is 13.2. The Morgan fingerprint density at radius 2 is 1.23 bits per heavy atom. The average molecular weight is 504 g/mol. The molecule has 0 aliphatic carbocycles. The van der Waals surface area contributed by atoms with Gasteiger partial charge in [0.1, 0.15) is 5.69 Å². The Morgan fingerprint density at radius 1 is 0.615 bits per heavy atom. The van der Waals surface area contributed by atoms with Gasteiger partial charge in [-0.3, -0.25) is 4.90 Å². The summed E-state index contributed by atoms with van der Waals surface area (Å²) in [6.07, 6.45) is -0.194. The van der Waals surface area contributed by atoms with Gasteiger partial charge in [-0.25, -0.2) is 5.01 Å². The number of hydrogen-bond acceptors (Lipinski definition) is 4. The molecule has 2 unspecified atom stereocenters. The van der Waals surface area contributed by atoms with Gasteiger partial charge in [0.15, 0.2) is 12.0 Å². The van der Waals surface area contributed by atoms with Crippen LogP contribution in [0.15, 0.2) is 139 Å². The highest BCUT2D eigenvalue weighted by molar-refractivity contribution is 6.13. The van der Waals surface area contributed by atoms with Gasteiger partial charge in [-0.05, 0) is 41.2 Å². The third-order valence-electron chi connectivity index (χ3n) is 8.27. The number of benzene rings is 5. The van der Waals surface area contributed by atoms with Crippen LogP contribution in [0, 0.1) is 0 Å². The summed E-state index contributed by atoms with van der Waals surface area (Å²) in [7, 11) is 0. The summed E-state index contributed by atoms with van der Waals surface area (Å²) >= 11 is 0. The normalized spacial score (nSPS) is 20.2. The van der Waals surface area contributed by atoms with Crippen molar-refractivity contribution >= 4 is 28.2 Å². The van der Waals surface area contributed by atoms with E-state index in [0.717, 1.165) is 39.5 Å². The summed E-state index contributed by atoms with van der Waals surface area (Å²) in [5, 5.41) is 12.7. The Bertz CT molecular complexity index is 1940. The number of aromatic nitrogens is 3. The molecular weight excluding hydrogens is 480 g/mol. The minimum atomic E-state index is -0.612. The maximum atomic E-state index is 5.38. The highest BCUT2D eigenvalue weighted by atomic mass is 15.7. The van der Waals surface area contributed by atoms with Crippen molar-refractivity contribution in [2.75, 3.05) is 9.91 Å². The Kier molecular flexibility index (Phi) is 3.95. The van der Waals surface area contributed by atoms with Crippen molar-refractivity contribution in [2.24, 2.45) is 5.10 Å². The molecule has 0 amide bonds. The molecule has 4 heterocycles. The molecule has 0 bridgehead atoms. The van der Waals surface area contributed by atoms with E-state index < -0.39 is 5.54 Å². The first-order valence-electron chi connectivity index (χ1n) is 13.2. The van der Waals surface area contributed by atoms with E-state index in [-0.39, 0.29) is 6.17 Å². The molecule has 0 saturated carbocycles. The third-order valence-corrected chi connectivity index (χ3v) is 8.27. The van der Waals surface area contributed by atoms with Crippen molar-refractivity contribution < 1.29 is 4.68 Å². The second kappa shape index (κ2) is 7.42. The van der Waals surface area contributed by atoms with Gasteiger partial charge in [0.05, 0.1) is 10.8 Å². The fourth-order valence-electron chi connectivity index (χ4n) is 6.82. The Morgan fingerprint density at radius 3 is 2.03 bits per heavy atom. The summed E-state index contributed by atoms with van der Waals surface area (Å²) < 4.78 is 2.40. The number of para-hydroxylation sites is 4. The zero-order chi connectivity index (χ0) is 25.6. The average Bonchev–Trinajstić information content (AvgIpc) is 3.73. The van der Waals surface area contributed by atoms with Crippen molar-refractivity contribution in [2.45, 2.75) is 11.7 Å². The van der Waals surface area contributed by atoms with E-state index in [1.54, 1.807) is 0 Å². The predicted molar refractivity (Wildman–Crippen MR) is 152 cm³/mol. The van der Waals surface area contributed by atoms with Gasteiger partial charge in [-0.1, -0.05) is 97.1 Å². The summed E-state index contributed by atoms with van der Waals surface area (Å²) in [5.41, 5.74) is 8.25. The van der Waals surface area contributed by atoms with Gasteiger partial charge in [-0.2, -0.15) is 5.10 Å². The number of hydrazone groups is 1. The first kappa shape index (κ1) is 20.8. The lowest BCUT2D eigenvalue weighted by molar-refractivity contribution is -0.783. The van der Waals surface area contributed by atoms with E-state index in [0.29, 0.717) is 0 Å². The minimum Gasteiger partial charge on any atom is -0.297 e. The van der Waals surface area contributed by atoms with Gasteiger partial charge in [0.2, 0.25) is 16.6 Å². The minimum absolute atomic E-state index is 0.194. The highest BCUT2D eigenvalue weighted by Crippen LogP contribution is 2.55. The molecule has 2 atom stereocenters. The molecular formula is C33H23N6+. The summed E-state index contributed by atoms with van der Waals surface area (Å²) in [5.74, 6) is 0.932. The molecule has 3 aliphatic rings. The summed E-state index contributed by atoms with van der Waals surface area (Å²) in [4.78, 5) is 4.51. The molecule has 5 aromatic carbocycles. The van der Waals surface area contributed by atoms with Crippen molar-refractivity contribution in [3.8, 4) is 5.69 Å². The van der Waals surface area contributed by atoms with Crippen LogP contribution in [0.5, 0.6) is 0 Å². The van der Waals surface area contributed by atoms with E-state index in [1.807, 2.05) is 0 Å². The quantitative estimate of drug-likeness (QED) is 0.295. The second-order valence-corrected chi connectivity index (χ2v) is 10.2. The highest BCUT2D eigenvalue weighted by Gasteiger charge is 2.68. The number of amidine groups is 1. The molecule has 39 heavy (non-hydrogen) atoms. The fourth-order valence-corrected chi connectivity index (χ4v) is 6.82. The van der Waals surface area contributed by atoms with E-state index in [1.165, 1.54) is 11.1 Å². The molecule has 6 aromatic rings. The van der Waals surface area contributed by atoms with E-state index in [2.05, 4.69) is 153 Å². The Labute approximate surface area is 225 Å². The molecule has 1 aromatic heterocycles. The molecule has 6 heteroatoms. The summed E-state index contributed by atoms with van der Waals surface area (Å²) in [6, 6.07) is 46.9. The van der Waals surface area contributed by atoms with Gasteiger partial charge in [0.25, 0.3) is 0 Å². The van der Waals surface area contributed by atoms with Crippen LogP contribution in [0.4, 0.5) is 11.4 Å². The lowest BCUT2D eigenvalue weighted by Gasteiger charge is -2.36. The monoisotopic (exact) mass is 503 g/mol. The van der Waals surface area contributed by atoms with Crippen LogP contribution in [0.3, 0.4) is 0 Å². The third kappa shape index (κ3) is 2.48. The van der Waals surface area contributed by atoms with Crippen molar-refractivity contribution in [3.63, 3.8) is 0 Å². The molecule has 1 spiro atoms. The largest absolute Gasteiger partial charge is 0.297 e. The smallest absolute Gasteiger partial charge is 0.249 e. The standard InChI is InChI=1S/C33H23N6/c1-3-13-23(14-4-1)31-35-37-28-20-10-7-17-25(28)33(32(37)36(31)24-15-5-2-6-16-24)26-18-8-11-21-29(26)39-34-27-19-9-12-22-30(27)38(33)39/h1-22,32H/q+1. The SMILES string of the molecule is c1ccc(C2=NN3c4ccccc4C4(c5ccccc5-n5nc6ccccc6[n+]54)C3N2c2ccccc2)cc1. The number of rotatable bonds is 2. The zero-order valence-electron chi connectivity index (χ0n) is 21.0. The molecule has 9 rings (SSSR count). The Balaban J connectivity index is 1.44. The van der Waals surface area contributed by atoms with E-state index in [9.17, 15) is 0 Å². The van der Waals surface area contributed by atoms with Gasteiger partial charge >= 0.3 is 0 Å². The zero-order valence-corrected chi connectivity index (χ0v) is 21.0. The van der Waals surface area contributed by atoms with Gasteiger partial charge in [0, 0.05) is 22.4 Å². The summed E-state index contributed by atoms with van der Waals surface area (Å²) in [6.45, 7) is 0. The van der Waals surface area contributed by atoms with Crippen LogP contribution >= 0.6 is 0 Å². The van der Waals surface area contributed by atoms with Gasteiger partial charge in [-0.15, -0.1) is 4.68 Å². The molecule has 0 N–H and O–H groups in total. The van der Waals surface area contributed by atoms with Gasteiger partial charge < -0.3 is 0 Å². The van der Waals surface area contributed by atoms with Crippen molar-refractivity contribution in [1.82, 2.24) is 9.90 Å². The van der Waals surface area contributed by atoms with Crippen LogP contribution in [0.25, 0.3) is 16.7 Å². The predicted octanol–water partition coefficient (Wildman–Crippen LogP) is 5.45. The maximum absolute atomic E-state index is 5.38. The lowest BCUT2D eigenvalue weighted by Crippen LogP contribution is -2.68. The van der Waals surface area contributed by atoms with Crippen molar-refractivity contribution in [1.29, 1.82) is 0 Å². The molecule has 0 radical (unpaired) electrons. The van der Waals surface area contributed by atoms with Crippen LogP contribution in [-0.4, -0.2) is 21.9 Å². The fraction of sp³-hybridized carbons (Fsp3) is 0.0606. The molecule has 0 saturated heterocycles. The lowest BCUT2D eigenvalue weighted by atomic mass is 9.81. The van der Waals surface area contributed by atoms with Crippen LogP contribution in [0.1, 0.15) is 16.7 Å². The number of fused-ring (bicyclic) bond motifs is 12. The Hall–Kier alpha value is -5.23. The van der Waals surface area contributed by atoms with E-state index in [4.69, 9.17) is 10.2 Å². The molecule has 184 valence electrons. The molecule has 3 aliphatic heterocycles. The number of anilines is 2. The maximum Gasteiger partial charge on any atom is 0.249 e. The molecule has 0 fully saturated rings. The van der Waals surface area contributed by atoms with Crippen LogP contribution < -0.4 is 14.6 Å².